The first-order valence-corrected chi connectivity index (χ1v) is 13.5. The molecule has 38 heavy (non-hydrogen) atoms. The number of pyridine rings is 1. The summed E-state index contributed by atoms with van der Waals surface area (Å²) in [6, 6.07) is 20.2. The summed E-state index contributed by atoms with van der Waals surface area (Å²) >= 11 is 11.5. The first-order chi connectivity index (χ1) is 18.3. The van der Waals surface area contributed by atoms with Gasteiger partial charge in [0.1, 0.15) is 5.82 Å². The number of amides is 2. The monoisotopic (exact) mass is 555 g/mol. The Labute approximate surface area is 235 Å². The highest BCUT2D eigenvalue weighted by Crippen LogP contribution is 2.17. The van der Waals surface area contributed by atoms with Crippen molar-refractivity contribution >= 4 is 40.8 Å². The molecule has 0 unspecified atom stereocenters. The number of carbonyl (C=O) groups excluding carboxylic acids is 2. The zero-order valence-corrected chi connectivity index (χ0v) is 23.4. The standard InChI is InChI=1S/C19H23ClN4O.C10H12ClNO/c1-15(25)21-12-16-2-4-17(5-3-16)14-23-8-10-24(11-9-23)19-7-6-18(20)13-22-19;1-8(13)12-7-10-4-2-9(6-11)3-5-10/h2-7,13H,8-12,14H2,1H3,(H,21,25);2-5H,6-7H2,1H3,(H,12,13). The largest absolute Gasteiger partial charge is 0.354 e. The average molecular weight is 557 g/mol. The minimum Gasteiger partial charge on any atom is -0.354 e. The maximum absolute atomic E-state index is 11.0. The average Bonchev–Trinajstić information content (AvgIpc) is 2.93. The summed E-state index contributed by atoms with van der Waals surface area (Å²) < 4.78 is 0. The van der Waals surface area contributed by atoms with Crippen molar-refractivity contribution in [2.45, 2.75) is 39.4 Å². The highest BCUT2D eigenvalue weighted by molar-refractivity contribution is 6.30. The number of hydrogen-bond donors (Lipinski definition) is 2. The second-order valence-electron chi connectivity index (χ2n) is 9.18. The van der Waals surface area contributed by atoms with E-state index in [0.29, 0.717) is 24.0 Å². The van der Waals surface area contributed by atoms with E-state index in [4.69, 9.17) is 23.2 Å². The molecule has 1 aliphatic heterocycles. The Balaban J connectivity index is 0.000000260. The molecular formula is C29H35Cl2N5O2. The molecule has 9 heteroatoms. The lowest BCUT2D eigenvalue weighted by Crippen LogP contribution is -2.46. The zero-order valence-electron chi connectivity index (χ0n) is 21.9. The molecule has 7 nitrogen and oxygen atoms in total. The topological polar surface area (TPSA) is 77.6 Å². The highest BCUT2D eigenvalue weighted by atomic mass is 35.5. The van der Waals surface area contributed by atoms with Gasteiger partial charge in [-0.2, -0.15) is 0 Å². The maximum atomic E-state index is 11.0. The molecule has 0 spiro atoms. The summed E-state index contributed by atoms with van der Waals surface area (Å²) in [4.78, 5) is 30.7. The van der Waals surface area contributed by atoms with Crippen LogP contribution in [0.15, 0.2) is 66.9 Å². The van der Waals surface area contributed by atoms with Gasteiger partial charge in [0.05, 0.1) is 5.02 Å². The SMILES string of the molecule is CC(=O)NCc1ccc(CCl)cc1.CC(=O)NCc1ccc(CN2CCN(c3ccc(Cl)cn3)CC2)cc1. The van der Waals surface area contributed by atoms with Gasteiger partial charge in [0, 0.05) is 71.7 Å². The fourth-order valence-electron chi connectivity index (χ4n) is 3.91. The van der Waals surface area contributed by atoms with Crippen molar-refractivity contribution < 1.29 is 9.59 Å². The number of nitrogens with one attached hydrogen (secondary N) is 2. The number of piperazine rings is 1. The lowest BCUT2D eigenvalue weighted by atomic mass is 10.1. The lowest BCUT2D eigenvalue weighted by Gasteiger charge is -2.35. The fourth-order valence-corrected chi connectivity index (χ4v) is 4.20. The van der Waals surface area contributed by atoms with Gasteiger partial charge in [0.25, 0.3) is 0 Å². The van der Waals surface area contributed by atoms with Crippen molar-refractivity contribution in [3.63, 3.8) is 0 Å². The number of benzene rings is 2. The summed E-state index contributed by atoms with van der Waals surface area (Å²) in [5, 5.41) is 6.22. The molecule has 0 radical (unpaired) electrons. The van der Waals surface area contributed by atoms with Gasteiger partial charge in [-0.25, -0.2) is 4.98 Å². The van der Waals surface area contributed by atoms with Crippen LogP contribution in [0, 0.1) is 0 Å². The third-order valence-corrected chi connectivity index (χ3v) is 6.63. The Kier molecular flexibility index (Phi) is 11.9. The first kappa shape index (κ1) is 29.4. The van der Waals surface area contributed by atoms with Gasteiger partial charge in [-0.1, -0.05) is 60.1 Å². The third-order valence-electron chi connectivity index (χ3n) is 6.10. The normalized spacial score (nSPS) is 13.3. The smallest absolute Gasteiger partial charge is 0.217 e. The van der Waals surface area contributed by atoms with Crippen molar-refractivity contribution in [3.8, 4) is 0 Å². The van der Waals surface area contributed by atoms with Crippen LogP contribution >= 0.6 is 23.2 Å². The van der Waals surface area contributed by atoms with Crippen LogP contribution in [-0.2, 0) is 35.1 Å². The Morgan fingerprint density at radius 1 is 0.763 bits per heavy atom. The lowest BCUT2D eigenvalue weighted by molar-refractivity contribution is -0.120. The molecule has 4 rings (SSSR count). The summed E-state index contributed by atoms with van der Waals surface area (Å²) in [5.41, 5.74) is 4.60. The van der Waals surface area contributed by atoms with Crippen LogP contribution in [0.3, 0.4) is 0 Å². The fraction of sp³-hybridized carbons (Fsp3) is 0.345. The molecule has 1 saturated heterocycles. The second kappa shape index (κ2) is 15.3. The zero-order chi connectivity index (χ0) is 27.3. The van der Waals surface area contributed by atoms with Gasteiger partial charge in [-0.15, -0.1) is 11.6 Å². The Morgan fingerprint density at radius 2 is 1.26 bits per heavy atom. The highest BCUT2D eigenvalue weighted by Gasteiger charge is 2.18. The third kappa shape index (κ3) is 10.3. The van der Waals surface area contributed by atoms with Crippen molar-refractivity contribution in [3.05, 3.63) is 94.1 Å². The van der Waals surface area contributed by atoms with Crippen LogP contribution in [0.25, 0.3) is 0 Å². The van der Waals surface area contributed by atoms with Crippen LogP contribution in [0.5, 0.6) is 0 Å². The maximum Gasteiger partial charge on any atom is 0.217 e. The molecule has 0 aliphatic carbocycles. The van der Waals surface area contributed by atoms with Gasteiger partial charge in [0.15, 0.2) is 0 Å². The molecule has 202 valence electrons. The van der Waals surface area contributed by atoms with Gasteiger partial charge in [-0.05, 0) is 34.4 Å². The Bertz CT molecular complexity index is 1150. The van der Waals surface area contributed by atoms with Gasteiger partial charge in [0.2, 0.25) is 11.8 Å². The van der Waals surface area contributed by atoms with E-state index in [2.05, 4.69) is 49.7 Å². The first-order valence-electron chi connectivity index (χ1n) is 12.6. The molecule has 2 aromatic carbocycles. The number of halogens is 2. The molecule has 1 aliphatic rings. The number of aromatic nitrogens is 1. The quantitative estimate of drug-likeness (QED) is 0.392. The number of nitrogens with zero attached hydrogens (tertiary/aromatic N) is 3. The molecule has 0 bridgehead atoms. The molecule has 1 fully saturated rings. The summed E-state index contributed by atoms with van der Waals surface area (Å²) in [6.45, 7) is 9.11. The van der Waals surface area contributed by atoms with Crippen LogP contribution in [0.1, 0.15) is 36.1 Å². The van der Waals surface area contributed by atoms with Crippen molar-refractivity contribution in [1.29, 1.82) is 0 Å². The van der Waals surface area contributed by atoms with E-state index >= 15 is 0 Å². The molecule has 2 N–H and O–H groups in total. The van der Waals surface area contributed by atoms with Crippen LogP contribution < -0.4 is 15.5 Å². The van der Waals surface area contributed by atoms with E-state index in [1.165, 1.54) is 19.4 Å². The van der Waals surface area contributed by atoms with E-state index in [1.54, 1.807) is 6.20 Å². The predicted molar refractivity (Wildman–Crippen MR) is 154 cm³/mol. The predicted octanol–water partition coefficient (Wildman–Crippen LogP) is 4.75. The van der Waals surface area contributed by atoms with E-state index in [-0.39, 0.29) is 11.8 Å². The minimum absolute atomic E-state index is 0.00266. The molecular weight excluding hydrogens is 521 g/mol. The Hall–Kier alpha value is -3.13. The number of rotatable bonds is 8. The summed E-state index contributed by atoms with van der Waals surface area (Å²) in [5.74, 6) is 1.50. The van der Waals surface area contributed by atoms with E-state index in [1.807, 2.05) is 36.4 Å². The van der Waals surface area contributed by atoms with Gasteiger partial charge >= 0.3 is 0 Å². The molecule has 0 atom stereocenters. The number of anilines is 1. The molecule has 2 amide bonds. The van der Waals surface area contributed by atoms with E-state index in [9.17, 15) is 9.59 Å². The van der Waals surface area contributed by atoms with Gasteiger partial charge in [-0.3, -0.25) is 14.5 Å². The molecule has 3 aromatic rings. The molecule has 1 aromatic heterocycles. The summed E-state index contributed by atoms with van der Waals surface area (Å²) in [6.07, 6.45) is 1.70. The van der Waals surface area contributed by atoms with E-state index in [0.717, 1.165) is 55.2 Å². The van der Waals surface area contributed by atoms with Crippen LogP contribution in [0.2, 0.25) is 5.02 Å². The van der Waals surface area contributed by atoms with Crippen molar-refractivity contribution in [2.75, 3.05) is 31.1 Å². The second-order valence-corrected chi connectivity index (χ2v) is 9.89. The molecule has 2 heterocycles. The van der Waals surface area contributed by atoms with Crippen LogP contribution in [-0.4, -0.2) is 47.9 Å². The van der Waals surface area contributed by atoms with E-state index < -0.39 is 0 Å². The summed E-state index contributed by atoms with van der Waals surface area (Å²) in [7, 11) is 0. The van der Waals surface area contributed by atoms with Crippen molar-refractivity contribution in [1.82, 2.24) is 20.5 Å². The Morgan fingerprint density at radius 3 is 1.71 bits per heavy atom. The van der Waals surface area contributed by atoms with Gasteiger partial charge < -0.3 is 15.5 Å². The number of alkyl halides is 1. The van der Waals surface area contributed by atoms with Crippen LogP contribution in [0.4, 0.5) is 5.82 Å². The minimum atomic E-state index is -0.0126. The number of carbonyl (C=O) groups is 2. The molecule has 0 saturated carbocycles. The van der Waals surface area contributed by atoms with Crippen molar-refractivity contribution in [2.24, 2.45) is 0 Å². The number of hydrogen-bond acceptors (Lipinski definition) is 5.